The summed E-state index contributed by atoms with van der Waals surface area (Å²) in [6.07, 6.45) is -5.46. The molecule has 94 valence electrons. The van der Waals surface area contributed by atoms with Crippen LogP contribution in [-0.4, -0.2) is 51.4 Å². The third kappa shape index (κ3) is 2.34. The molecule has 1 aliphatic rings. The number of aliphatic hydroxyl groups excluding tert-OH is 4. The van der Waals surface area contributed by atoms with Crippen LogP contribution < -0.4 is 0 Å². The molecule has 1 saturated heterocycles. The minimum absolute atomic E-state index is 0.408. The van der Waals surface area contributed by atoms with Gasteiger partial charge in [-0.25, -0.2) is 0 Å². The third-order valence-electron chi connectivity index (χ3n) is 3.02. The first kappa shape index (κ1) is 12.5. The summed E-state index contributed by atoms with van der Waals surface area (Å²) in [6.45, 7) is -0.408. The largest absolute Gasteiger partial charge is 0.394 e. The summed E-state index contributed by atoms with van der Waals surface area (Å²) in [5.74, 6) is 0. The summed E-state index contributed by atoms with van der Waals surface area (Å²) in [6, 6.07) is 8.92. The van der Waals surface area contributed by atoms with Crippen molar-refractivity contribution in [3.63, 3.8) is 0 Å². The SMILES string of the molecule is OCC1O[C@@H](c2ccccc2)[C@H](O)[C@H](O)C1O. The lowest BCUT2D eigenvalue weighted by Crippen LogP contribution is -2.55. The molecular formula is C12H16O5. The Kier molecular flexibility index (Phi) is 3.76. The number of hydrogen-bond acceptors (Lipinski definition) is 5. The van der Waals surface area contributed by atoms with Crippen LogP contribution in [0.1, 0.15) is 11.7 Å². The molecule has 0 saturated carbocycles. The van der Waals surface area contributed by atoms with Gasteiger partial charge in [-0.3, -0.25) is 0 Å². The van der Waals surface area contributed by atoms with Crippen molar-refractivity contribution in [2.24, 2.45) is 0 Å². The molecule has 1 aromatic carbocycles. The molecule has 1 fully saturated rings. The first-order chi connectivity index (χ1) is 8.15. The Balaban J connectivity index is 2.23. The molecule has 0 radical (unpaired) electrons. The fraction of sp³-hybridized carbons (Fsp3) is 0.500. The molecule has 1 aliphatic heterocycles. The van der Waals surface area contributed by atoms with E-state index in [-0.39, 0.29) is 0 Å². The van der Waals surface area contributed by atoms with Gasteiger partial charge in [0.2, 0.25) is 0 Å². The van der Waals surface area contributed by atoms with Crippen molar-refractivity contribution in [1.82, 2.24) is 0 Å². The average Bonchev–Trinajstić information content (AvgIpc) is 2.37. The number of hydrogen-bond donors (Lipinski definition) is 4. The molecule has 1 heterocycles. The minimum atomic E-state index is -1.33. The van der Waals surface area contributed by atoms with Crippen molar-refractivity contribution < 1.29 is 25.2 Å². The van der Waals surface area contributed by atoms with E-state index in [4.69, 9.17) is 9.84 Å². The van der Waals surface area contributed by atoms with Gasteiger partial charge < -0.3 is 25.2 Å². The maximum Gasteiger partial charge on any atom is 0.113 e. The van der Waals surface area contributed by atoms with Gasteiger partial charge in [0.25, 0.3) is 0 Å². The van der Waals surface area contributed by atoms with Crippen LogP contribution >= 0.6 is 0 Å². The molecule has 0 aromatic heterocycles. The van der Waals surface area contributed by atoms with Crippen LogP contribution in [0.2, 0.25) is 0 Å². The first-order valence-corrected chi connectivity index (χ1v) is 5.50. The Labute approximate surface area is 98.9 Å². The van der Waals surface area contributed by atoms with Crippen molar-refractivity contribution in [2.45, 2.75) is 30.5 Å². The second-order valence-corrected chi connectivity index (χ2v) is 4.16. The normalized spacial score (nSPS) is 38.0. The smallest absolute Gasteiger partial charge is 0.113 e. The Morgan fingerprint density at radius 3 is 2.18 bits per heavy atom. The molecule has 4 N–H and O–H groups in total. The topological polar surface area (TPSA) is 90.2 Å². The minimum Gasteiger partial charge on any atom is -0.394 e. The van der Waals surface area contributed by atoms with E-state index in [1.807, 2.05) is 6.07 Å². The van der Waals surface area contributed by atoms with Crippen LogP contribution in [-0.2, 0) is 4.74 Å². The van der Waals surface area contributed by atoms with Gasteiger partial charge in [-0.15, -0.1) is 0 Å². The summed E-state index contributed by atoms with van der Waals surface area (Å²) in [4.78, 5) is 0. The average molecular weight is 240 g/mol. The van der Waals surface area contributed by atoms with Crippen LogP contribution in [0, 0.1) is 0 Å². The Hall–Kier alpha value is -0.980. The van der Waals surface area contributed by atoms with E-state index in [2.05, 4.69) is 0 Å². The van der Waals surface area contributed by atoms with Crippen LogP contribution in [0.25, 0.3) is 0 Å². The molecule has 0 amide bonds. The van der Waals surface area contributed by atoms with Crippen LogP contribution in [0.4, 0.5) is 0 Å². The molecule has 5 nitrogen and oxygen atoms in total. The molecular weight excluding hydrogens is 224 g/mol. The van der Waals surface area contributed by atoms with Gasteiger partial charge in [-0.05, 0) is 5.56 Å². The standard InChI is InChI=1S/C12H16O5/c13-6-8-9(14)10(15)11(16)12(17-8)7-4-2-1-3-5-7/h1-5,8-16H,6H2/t8?,9?,10-,11-,12+/m1/s1. The lowest BCUT2D eigenvalue weighted by atomic mass is 9.91. The van der Waals surface area contributed by atoms with Gasteiger partial charge in [-0.1, -0.05) is 30.3 Å². The molecule has 0 spiro atoms. The van der Waals surface area contributed by atoms with Crippen LogP contribution in [0.3, 0.4) is 0 Å². The van der Waals surface area contributed by atoms with E-state index in [0.717, 1.165) is 0 Å². The molecule has 17 heavy (non-hydrogen) atoms. The summed E-state index contributed by atoms with van der Waals surface area (Å²) >= 11 is 0. The molecule has 2 unspecified atom stereocenters. The highest BCUT2D eigenvalue weighted by Crippen LogP contribution is 2.31. The first-order valence-electron chi connectivity index (χ1n) is 5.50. The van der Waals surface area contributed by atoms with Crippen LogP contribution in [0.15, 0.2) is 30.3 Å². The van der Waals surface area contributed by atoms with Gasteiger partial charge in [-0.2, -0.15) is 0 Å². The van der Waals surface area contributed by atoms with Crippen molar-refractivity contribution >= 4 is 0 Å². The maximum atomic E-state index is 9.86. The number of benzene rings is 1. The third-order valence-corrected chi connectivity index (χ3v) is 3.02. The van der Waals surface area contributed by atoms with E-state index in [0.29, 0.717) is 5.56 Å². The van der Waals surface area contributed by atoms with Gasteiger partial charge in [0, 0.05) is 0 Å². The van der Waals surface area contributed by atoms with Gasteiger partial charge in [0.05, 0.1) is 6.61 Å². The highest BCUT2D eigenvalue weighted by molar-refractivity contribution is 5.20. The summed E-state index contributed by atoms with van der Waals surface area (Å²) in [7, 11) is 0. The van der Waals surface area contributed by atoms with E-state index in [1.165, 1.54) is 0 Å². The molecule has 0 aliphatic carbocycles. The second kappa shape index (κ2) is 5.12. The fourth-order valence-corrected chi connectivity index (χ4v) is 2.02. The molecule has 0 bridgehead atoms. The Morgan fingerprint density at radius 1 is 0.941 bits per heavy atom. The number of aliphatic hydroxyl groups is 4. The van der Waals surface area contributed by atoms with E-state index in [1.54, 1.807) is 24.3 Å². The number of rotatable bonds is 2. The van der Waals surface area contributed by atoms with Gasteiger partial charge in [0.15, 0.2) is 0 Å². The zero-order chi connectivity index (χ0) is 12.4. The number of ether oxygens (including phenoxy) is 1. The highest BCUT2D eigenvalue weighted by Gasteiger charge is 2.43. The zero-order valence-electron chi connectivity index (χ0n) is 9.18. The summed E-state index contributed by atoms with van der Waals surface area (Å²) < 4.78 is 5.41. The van der Waals surface area contributed by atoms with E-state index >= 15 is 0 Å². The highest BCUT2D eigenvalue weighted by atomic mass is 16.5. The predicted octanol–water partition coefficient (Wildman–Crippen LogP) is -0.799. The van der Waals surface area contributed by atoms with Crippen molar-refractivity contribution in [3.8, 4) is 0 Å². The fourth-order valence-electron chi connectivity index (χ4n) is 2.02. The molecule has 5 heteroatoms. The van der Waals surface area contributed by atoms with E-state index < -0.39 is 37.1 Å². The lowest BCUT2D eigenvalue weighted by molar-refractivity contribution is -0.231. The quantitative estimate of drug-likeness (QED) is 0.543. The monoisotopic (exact) mass is 240 g/mol. The summed E-state index contributed by atoms with van der Waals surface area (Å²) in [5, 5.41) is 38.2. The van der Waals surface area contributed by atoms with Crippen molar-refractivity contribution in [2.75, 3.05) is 6.61 Å². The molecule has 5 atom stereocenters. The van der Waals surface area contributed by atoms with Gasteiger partial charge >= 0.3 is 0 Å². The Morgan fingerprint density at radius 2 is 1.59 bits per heavy atom. The predicted molar refractivity (Wildman–Crippen MR) is 59.2 cm³/mol. The van der Waals surface area contributed by atoms with Gasteiger partial charge in [0.1, 0.15) is 30.5 Å². The molecule has 2 rings (SSSR count). The Bertz CT molecular complexity index is 353. The van der Waals surface area contributed by atoms with Crippen LogP contribution in [0.5, 0.6) is 0 Å². The summed E-state index contributed by atoms with van der Waals surface area (Å²) in [5.41, 5.74) is 0.699. The molecule has 1 aromatic rings. The zero-order valence-corrected chi connectivity index (χ0v) is 9.18. The van der Waals surface area contributed by atoms with E-state index in [9.17, 15) is 15.3 Å². The second-order valence-electron chi connectivity index (χ2n) is 4.16. The van der Waals surface area contributed by atoms with Crippen molar-refractivity contribution in [1.29, 1.82) is 0 Å². The van der Waals surface area contributed by atoms with Crippen molar-refractivity contribution in [3.05, 3.63) is 35.9 Å². The maximum absolute atomic E-state index is 9.86. The lowest BCUT2D eigenvalue weighted by Gasteiger charge is -2.40.